The Morgan fingerprint density at radius 3 is 2.44 bits per heavy atom. The largest absolute Gasteiger partial charge is 0.339 e. The van der Waals surface area contributed by atoms with Crippen molar-refractivity contribution in [3.63, 3.8) is 0 Å². The van der Waals surface area contributed by atoms with Crippen LogP contribution in [0.3, 0.4) is 0 Å². The standard InChI is InChI=1S/C29H31N5O5S2.3H2/c1-28(2,3)25(32-26(36)22-13-19-7-5-6-8-21(19)40-22)27(37)34-16-23-29(34,4)17-33(23)24(35)15-31-41(38,39)20-11-9-18(14-30)10-12-20;;;/h5-13,23,25,31H,15-17H2,1-4H3,(H,32,36);3*1H. The van der Waals surface area contributed by atoms with Crippen LogP contribution in [0.25, 0.3) is 10.1 Å². The summed E-state index contributed by atoms with van der Waals surface area (Å²) in [7, 11) is -3.93. The van der Waals surface area contributed by atoms with Gasteiger partial charge >= 0.3 is 0 Å². The third-order valence-corrected chi connectivity index (χ3v) is 10.4. The van der Waals surface area contributed by atoms with Crippen molar-refractivity contribution in [2.75, 3.05) is 19.6 Å². The highest BCUT2D eigenvalue weighted by molar-refractivity contribution is 7.89. The molecule has 2 N–H and O–H groups in total. The molecule has 3 unspecified atom stereocenters. The summed E-state index contributed by atoms with van der Waals surface area (Å²) in [5.41, 5.74) is -0.823. The van der Waals surface area contributed by atoms with Gasteiger partial charge in [0.1, 0.15) is 6.04 Å². The molecular weight excluding hydrogens is 562 g/mol. The molecule has 2 aromatic carbocycles. The number of nitriles is 1. The zero-order valence-electron chi connectivity index (χ0n) is 23.2. The Labute approximate surface area is 247 Å². The van der Waals surface area contributed by atoms with E-state index in [1.165, 1.54) is 35.6 Å². The van der Waals surface area contributed by atoms with Crippen molar-refractivity contribution in [1.82, 2.24) is 19.8 Å². The van der Waals surface area contributed by atoms with Gasteiger partial charge in [-0.2, -0.15) is 5.26 Å². The van der Waals surface area contributed by atoms with E-state index in [-0.39, 0.29) is 39.5 Å². The number of fused-ring (bicyclic) bond motifs is 2. The topological polar surface area (TPSA) is 140 Å². The van der Waals surface area contributed by atoms with Crippen LogP contribution in [0.15, 0.2) is 59.5 Å². The molecule has 2 fully saturated rings. The van der Waals surface area contributed by atoms with E-state index in [0.29, 0.717) is 17.0 Å². The number of thiophene rings is 1. The van der Waals surface area contributed by atoms with E-state index in [1.807, 2.05) is 64.1 Å². The van der Waals surface area contributed by atoms with Crippen LogP contribution < -0.4 is 10.0 Å². The highest BCUT2D eigenvalue weighted by atomic mass is 32.2. The SMILES string of the molecule is CC(C)(C)C(NC(=O)c1cc2ccccc2s1)C(=O)N1CC2N(C(=O)CNS(=O)(=O)c3ccc(C#N)cc3)CC21C.[HH].[HH].[HH]. The molecule has 0 radical (unpaired) electrons. The van der Waals surface area contributed by atoms with Crippen molar-refractivity contribution in [3.05, 3.63) is 65.0 Å². The second-order valence-corrected chi connectivity index (χ2v) is 14.6. The van der Waals surface area contributed by atoms with Crippen molar-refractivity contribution < 1.29 is 27.1 Å². The first kappa shape index (κ1) is 28.7. The summed E-state index contributed by atoms with van der Waals surface area (Å²) >= 11 is 1.38. The van der Waals surface area contributed by atoms with Crippen LogP contribution >= 0.6 is 11.3 Å². The van der Waals surface area contributed by atoms with Crippen LogP contribution in [-0.2, 0) is 19.6 Å². The maximum atomic E-state index is 13.7. The van der Waals surface area contributed by atoms with Gasteiger partial charge in [0.05, 0.1) is 39.5 Å². The summed E-state index contributed by atoms with van der Waals surface area (Å²) < 4.78 is 28.5. The molecule has 2 aliphatic rings. The number of rotatable bonds is 7. The van der Waals surface area contributed by atoms with Crippen LogP contribution in [0.2, 0.25) is 0 Å². The first-order chi connectivity index (χ1) is 19.2. The van der Waals surface area contributed by atoms with Crippen LogP contribution in [-0.4, -0.2) is 73.2 Å². The minimum atomic E-state index is -3.93. The van der Waals surface area contributed by atoms with Crippen molar-refractivity contribution in [3.8, 4) is 6.07 Å². The molecule has 0 spiro atoms. The lowest BCUT2D eigenvalue weighted by atomic mass is 9.70. The summed E-state index contributed by atoms with van der Waals surface area (Å²) in [5, 5.41) is 12.8. The Morgan fingerprint density at radius 1 is 1.17 bits per heavy atom. The third-order valence-electron chi connectivity index (χ3n) is 7.89. The average molecular weight is 600 g/mol. The number of hydrogen-bond acceptors (Lipinski definition) is 7. The minimum absolute atomic E-state index is 0. The highest BCUT2D eigenvalue weighted by Gasteiger charge is 2.65. The third kappa shape index (κ3) is 5.21. The van der Waals surface area contributed by atoms with Gasteiger partial charge in [0.2, 0.25) is 21.8 Å². The van der Waals surface area contributed by atoms with Crippen LogP contribution in [0.1, 0.15) is 47.2 Å². The van der Waals surface area contributed by atoms with Gasteiger partial charge in [-0.25, -0.2) is 13.1 Å². The molecule has 2 aliphatic heterocycles. The Hall–Kier alpha value is -3.79. The molecule has 2 saturated heterocycles. The van der Waals surface area contributed by atoms with Gasteiger partial charge in [-0.1, -0.05) is 39.0 Å². The number of sulfonamides is 1. The number of hydrogen-bond donors (Lipinski definition) is 2. The van der Waals surface area contributed by atoms with Crippen LogP contribution in [0.4, 0.5) is 0 Å². The highest BCUT2D eigenvalue weighted by Crippen LogP contribution is 2.45. The number of nitrogens with zero attached hydrogens (tertiary/aromatic N) is 3. The maximum Gasteiger partial charge on any atom is 0.262 e. The summed E-state index contributed by atoms with van der Waals surface area (Å²) in [6.45, 7) is 7.75. The van der Waals surface area contributed by atoms with E-state index in [4.69, 9.17) is 5.26 Å². The van der Waals surface area contributed by atoms with Crippen molar-refractivity contribution in [1.29, 1.82) is 5.26 Å². The molecule has 5 rings (SSSR count). The minimum Gasteiger partial charge on any atom is -0.339 e. The summed E-state index contributed by atoms with van der Waals surface area (Å²) in [6.07, 6.45) is 0. The number of amides is 3. The van der Waals surface area contributed by atoms with E-state index in [1.54, 1.807) is 9.80 Å². The second kappa shape index (κ2) is 10.2. The van der Waals surface area contributed by atoms with Gasteiger partial charge in [0, 0.05) is 22.1 Å². The molecule has 220 valence electrons. The first-order valence-electron chi connectivity index (χ1n) is 13.1. The lowest BCUT2D eigenvalue weighted by Crippen LogP contribution is -2.89. The Balaban J connectivity index is 0.00000225. The second-order valence-electron chi connectivity index (χ2n) is 11.7. The Morgan fingerprint density at radius 2 is 1.85 bits per heavy atom. The summed E-state index contributed by atoms with van der Waals surface area (Å²) in [6, 6.07) is 15.9. The quantitative estimate of drug-likeness (QED) is 0.427. The number of likely N-dealkylation sites (tertiary alicyclic amines) is 2. The van der Waals surface area contributed by atoms with E-state index in [9.17, 15) is 22.8 Å². The molecular formula is C29H37N5O5S2. The van der Waals surface area contributed by atoms with Gasteiger partial charge in [0.25, 0.3) is 5.91 Å². The van der Waals surface area contributed by atoms with Crippen LogP contribution in [0.5, 0.6) is 0 Å². The molecule has 3 atom stereocenters. The van der Waals surface area contributed by atoms with Crippen molar-refractivity contribution in [2.24, 2.45) is 5.41 Å². The molecule has 0 saturated carbocycles. The number of piperazine rings is 1. The average Bonchev–Trinajstić information content (AvgIpc) is 3.37. The number of benzene rings is 2. The fourth-order valence-electron chi connectivity index (χ4n) is 5.37. The Kier molecular flexibility index (Phi) is 7.18. The fourth-order valence-corrected chi connectivity index (χ4v) is 7.31. The molecule has 41 heavy (non-hydrogen) atoms. The molecule has 12 heteroatoms. The van der Waals surface area contributed by atoms with Crippen molar-refractivity contribution >= 4 is 49.2 Å². The molecule has 3 aromatic rings. The van der Waals surface area contributed by atoms with Crippen molar-refractivity contribution in [2.45, 2.75) is 50.2 Å². The number of carbonyl (C=O) groups is 3. The monoisotopic (exact) mass is 599 g/mol. The molecule has 0 aliphatic carbocycles. The van der Waals surface area contributed by atoms with E-state index < -0.39 is 33.6 Å². The van der Waals surface area contributed by atoms with E-state index in [2.05, 4.69) is 10.0 Å². The molecule has 1 aromatic heterocycles. The van der Waals surface area contributed by atoms with Gasteiger partial charge < -0.3 is 15.1 Å². The molecule has 10 nitrogen and oxygen atoms in total. The van der Waals surface area contributed by atoms with Gasteiger partial charge in [0.15, 0.2) is 0 Å². The predicted octanol–water partition coefficient (Wildman–Crippen LogP) is 3.45. The summed E-state index contributed by atoms with van der Waals surface area (Å²) in [4.78, 5) is 43.6. The predicted molar refractivity (Wildman–Crippen MR) is 161 cm³/mol. The molecule has 3 heterocycles. The molecule has 3 amide bonds. The zero-order chi connectivity index (χ0) is 29.7. The fraction of sp³-hybridized carbons (Fsp3) is 0.379. The number of carbonyl (C=O) groups excluding carboxylic acids is 3. The lowest BCUT2D eigenvalue weighted by molar-refractivity contribution is -0.206. The number of nitrogens with one attached hydrogen (secondary N) is 2. The lowest BCUT2D eigenvalue weighted by Gasteiger charge is -2.69. The molecule has 0 bridgehead atoms. The summed E-state index contributed by atoms with van der Waals surface area (Å²) in [5.74, 6) is -0.900. The van der Waals surface area contributed by atoms with Gasteiger partial charge in [-0.05, 0) is 54.1 Å². The normalized spacial score (nSPS) is 20.8. The maximum absolute atomic E-state index is 13.7. The Bertz CT molecular complexity index is 1670. The van der Waals surface area contributed by atoms with E-state index >= 15 is 0 Å². The van der Waals surface area contributed by atoms with E-state index in [0.717, 1.165) is 10.1 Å². The van der Waals surface area contributed by atoms with Crippen LogP contribution in [0, 0.1) is 16.7 Å². The first-order valence-corrected chi connectivity index (χ1v) is 15.4. The smallest absolute Gasteiger partial charge is 0.262 e. The van der Waals surface area contributed by atoms with Gasteiger partial charge in [-0.3, -0.25) is 14.4 Å². The zero-order valence-corrected chi connectivity index (χ0v) is 24.8. The van der Waals surface area contributed by atoms with Gasteiger partial charge in [-0.15, -0.1) is 11.3 Å².